The monoisotopic (exact) mass is 896 g/mol. The molecular weight excluding hydrogens is 791 g/mol. The number of carboxylic acid groups (broad SMARTS) is 1. The van der Waals surface area contributed by atoms with E-state index >= 15 is 0 Å². The molecule has 0 spiro atoms. The van der Waals surface area contributed by atoms with Gasteiger partial charge in [-0.15, -0.1) is 0 Å². The first-order chi connectivity index (χ1) is 30.6. The fourth-order valence-electron chi connectivity index (χ4n) is 8.13. The third-order valence-electron chi connectivity index (χ3n) is 12.4. The van der Waals surface area contributed by atoms with Gasteiger partial charge < -0.3 is 33.3 Å². The van der Waals surface area contributed by atoms with Crippen molar-refractivity contribution < 1.29 is 42.9 Å². The van der Waals surface area contributed by atoms with Gasteiger partial charge in [-0.1, -0.05) is 245 Å². The molecule has 0 aromatic carbocycles. The van der Waals surface area contributed by atoms with Crippen molar-refractivity contribution in [3.8, 4) is 0 Å². The highest BCUT2D eigenvalue weighted by atomic mass is 16.7. The third kappa shape index (κ3) is 48.1. The van der Waals surface area contributed by atoms with Crippen LogP contribution in [0.4, 0.5) is 0 Å². The third-order valence-corrected chi connectivity index (χ3v) is 12.4. The van der Waals surface area contributed by atoms with Crippen LogP contribution in [0.2, 0.25) is 0 Å². The molecular formula is C54H105NO8. The average molecular weight is 896 g/mol. The average Bonchev–Trinajstić information content (AvgIpc) is 3.24. The summed E-state index contributed by atoms with van der Waals surface area (Å²) >= 11 is 0. The molecule has 0 fully saturated rings. The molecule has 0 heterocycles. The van der Waals surface area contributed by atoms with Crippen LogP contribution in [-0.2, 0) is 33.3 Å². The number of aliphatic carboxylic acids is 1. The zero-order valence-electron chi connectivity index (χ0n) is 42.5. The van der Waals surface area contributed by atoms with Crippen molar-refractivity contribution >= 4 is 17.9 Å². The van der Waals surface area contributed by atoms with Gasteiger partial charge in [-0.25, -0.2) is 0 Å². The van der Waals surface area contributed by atoms with Gasteiger partial charge in [-0.05, 0) is 12.8 Å². The maximum absolute atomic E-state index is 12.8. The minimum absolute atomic E-state index is 0.153. The molecule has 0 aliphatic carbocycles. The van der Waals surface area contributed by atoms with Crippen LogP contribution < -0.4 is 5.11 Å². The lowest BCUT2D eigenvalue weighted by Crippen LogP contribution is -2.44. The number of hydrogen-bond donors (Lipinski definition) is 0. The molecule has 0 amide bonds. The van der Waals surface area contributed by atoms with Gasteiger partial charge in [0.05, 0.1) is 40.3 Å². The molecule has 0 aromatic heterocycles. The maximum Gasteiger partial charge on any atom is 0.306 e. The Labute approximate surface area is 390 Å². The van der Waals surface area contributed by atoms with Crippen LogP contribution in [0.15, 0.2) is 0 Å². The van der Waals surface area contributed by atoms with Gasteiger partial charge in [0.2, 0.25) is 0 Å². The van der Waals surface area contributed by atoms with Crippen molar-refractivity contribution in [2.45, 2.75) is 283 Å². The summed E-state index contributed by atoms with van der Waals surface area (Å²) in [6.45, 7) is 4.79. The molecule has 63 heavy (non-hydrogen) atoms. The van der Waals surface area contributed by atoms with E-state index in [9.17, 15) is 19.5 Å². The van der Waals surface area contributed by atoms with Gasteiger partial charge in [0.15, 0.2) is 12.4 Å². The SMILES string of the molecule is CCCCCCCCCCCCCCCCCCCCCCCCCCCCC(=O)OC(COC(=O)CCCCCCCCCCCCCC)COC(OCC[N+](C)(C)C)C(=O)[O-]. The Morgan fingerprint density at radius 2 is 0.714 bits per heavy atom. The first kappa shape index (κ1) is 61.3. The van der Waals surface area contributed by atoms with Crippen molar-refractivity contribution in [2.24, 2.45) is 0 Å². The number of carboxylic acids is 1. The van der Waals surface area contributed by atoms with Crippen LogP contribution in [-0.4, -0.2) is 82.3 Å². The minimum atomic E-state index is -1.61. The smallest absolute Gasteiger partial charge is 0.306 e. The van der Waals surface area contributed by atoms with Crippen LogP contribution in [0.3, 0.4) is 0 Å². The van der Waals surface area contributed by atoms with E-state index in [-0.39, 0.29) is 32.2 Å². The van der Waals surface area contributed by atoms with E-state index in [1.807, 2.05) is 21.1 Å². The highest BCUT2D eigenvalue weighted by Gasteiger charge is 2.22. The van der Waals surface area contributed by atoms with E-state index in [0.29, 0.717) is 17.4 Å². The fraction of sp³-hybridized carbons (Fsp3) is 0.944. The summed E-state index contributed by atoms with van der Waals surface area (Å²) in [6, 6.07) is 0. The van der Waals surface area contributed by atoms with E-state index in [4.69, 9.17) is 18.9 Å². The second-order valence-electron chi connectivity index (χ2n) is 19.9. The van der Waals surface area contributed by atoms with Crippen LogP contribution in [0.5, 0.6) is 0 Å². The van der Waals surface area contributed by atoms with Gasteiger partial charge >= 0.3 is 11.9 Å². The van der Waals surface area contributed by atoms with Gasteiger partial charge in [0, 0.05) is 12.8 Å². The van der Waals surface area contributed by atoms with Crippen LogP contribution in [0, 0.1) is 0 Å². The quantitative estimate of drug-likeness (QED) is 0.0257. The highest BCUT2D eigenvalue weighted by molar-refractivity contribution is 5.70. The molecule has 0 aliphatic rings. The normalized spacial score (nSPS) is 12.7. The summed E-state index contributed by atoms with van der Waals surface area (Å²) in [4.78, 5) is 37.1. The van der Waals surface area contributed by atoms with Gasteiger partial charge in [0.1, 0.15) is 13.2 Å². The predicted molar refractivity (Wildman–Crippen MR) is 260 cm³/mol. The molecule has 2 unspecified atom stereocenters. The number of carbonyl (C=O) groups is 3. The molecule has 9 nitrogen and oxygen atoms in total. The van der Waals surface area contributed by atoms with E-state index in [1.165, 1.54) is 205 Å². The van der Waals surface area contributed by atoms with Gasteiger partial charge in [0.25, 0.3) is 0 Å². The molecule has 374 valence electrons. The van der Waals surface area contributed by atoms with Crippen molar-refractivity contribution in [1.29, 1.82) is 0 Å². The zero-order valence-corrected chi connectivity index (χ0v) is 42.5. The first-order valence-electron chi connectivity index (χ1n) is 27.2. The summed E-state index contributed by atoms with van der Waals surface area (Å²) in [5.74, 6) is -2.26. The lowest BCUT2D eigenvalue weighted by molar-refractivity contribution is -0.870. The Morgan fingerprint density at radius 1 is 0.413 bits per heavy atom. The Bertz CT molecular complexity index is 1000. The number of hydrogen-bond acceptors (Lipinski definition) is 8. The second-order valence-corrected chi connectivity index (χ2v) is 19.9. The summed E-state index contributed by atoms with van der Waals surface area (Å²) in [5, 5.41) is 11.7. The Kier molecular flexibility index (Phi) is 45.5. The Morgan fingerprint density at radius 3 is 1.02 bits per heavy atom. The van der Waals surface area contributed by atoms with Crippen LogP contribution in [0.1, 0.15) is 271 Å². The van der Waals surface area contributed by atoms with Crippen molar-refractivity contribution in [3.63, 3.8) is 0 Å². The predicted octanol–water partition coefficient (Wildman–Crippen LogP) is 13.9. The molecule has 0 rings (SSSR count). The molecule has 0 radical (unpaired) electrons. The molecule has 0 aliphatic heterocycles. The number of carbonyl (C=O) groups excluding carboxylic acids is 3. The molecule has 0 bridgehead atoms. The minimum Gasteiger partial charge on any atom is -0.545 e. The zero-order chi connectivity index (χ0) is 46.3. The lowest BCUT2D eigenvalue weighted by atomic mass is 10.0. The van der Waals surface area contributed by atoms with Crippen LogP contribution >= 0.6 is 0 Å². The summed E-state index contributed by atoms with van der Waals surface area (Å²) in [5.41, 5.74) is 0. The Hall–Kier alpha value is -1.71. The fourth-order valence-corrected chi connectivity index (χ4v) is 8.13. The van der Waals surface area contributed by atoms with E-state index in [2.05, 4.69) is 13.8 Å². The largest absolute Gasteiger partial charge is 0.545 e. The molecule has 0 aromatic rings. The first-order valence-corrected chi connectivity index (χ1v) is 27.2. The van der Waals surface area contributed by atoms with Crippen LogP contribution in [0.25, 0.3) is 0 Å². The number of likely N-dealkylation sites (N-methyl/N-ethyl adjacent to an activating group) is 1. The topological polar surface area (TPSA) is 111 Å². The number of nitrogens with zero attached hydrogens (tertiary/aromatic N) is 1. The maximum atomic E-state index is 12.8. The number of unbranched alkanes of at least 4 members (excludes halogenated alkanes) is 36. The summed E-state index contributed by atoms with van der Waals surface area (Å²) < 4.78 is 22.6. The highest BCUT2D eigenvalue weighted by Crippen LogP contribution is 2.17. The molecule has 0 N–H and O–H groups in total. The van der Waals surface area contributed by atoms with Gasteiger partial charge in [-0.2, -0.15) is 0 Å². The molecule has 2 atom stereocenters. The van der Waals surface area contributed by atoms with Crippen molar-refractivity contribution in [3.05, 3.63) is 0 Å². The standard InChI is InChI=1S/C54H105NO8/c1-6-8-10-12-14-16-18-20-21-22-23-24-25-26-27-28-29-30-31-32-33-35-37-39-41-43-45-52(57)63-50(49-62-54(53(58)59)60-47-46-55(3,4)5)48-61-51(56)44-42-40-38-36-34-19-17-15-13-11-9-7-2/h50,54H,6-49H2,1-5H3. The lowest BCUT2D eigenvalue weighted by Gasteiger charge is -2.26. The van der Waals surface area contributed by atoms with E-state index < -0.39 is 24.3 Å². The van der Waals surface area contributed by atoms with Gasteiger partial charge in [-0.3, -0.25) is 9.59 Å². The van der Waals surface area contributed by atoms with Crippen molar-refractivity contribution in [1.82, 2.24) is 0 Å². The summed E-state index contributed by atoms with van der Waals surface area (Å²) in [7, 11) is 5.93. The number of quaternary nitrogens is 1. The molecule has 0 saturated carbocycles. The van der Waals surface area contributed by atoms with E-state index in [0.717, 1.165) is 38.5 Å². The number of rotatable bonds is 51. The summed E-state index contributed by atoms with van der Waals surface area (Å²) in [6.07, 6.45) is 47.2. The molecule has 0 saturated heterocycles. The number of ether oxygens (including phenoxy) is 4. The second kappa shape index (κ2) is 46.8. The van der Waals surface area contributed by atoms with Crippen molar-refractivity contribution in [2.75, 3.05) is 47.5 Å². The van der Waals surface area contributed by atoms with E-state index in [1.54, 1.807) is 0 Å². The molecule has 9 heteroatoms. The number of esters is 2. The Balaban J connectivity index is 4.14.